The van der Waals surface area contributed by atoms with Gasteiger partial charge in [-0.05, 0) is 56.0 Å². The number of benzene rings is 2. The van der Waals surface area contributed by atoms with Crippen LogP contribution < -0.4 is 4.74 Å². The van der Waals surface area contributed by atoms with E-state index in [4.69, 9.17) is 23.2 Å². The summed E-state index contributed by atoms with van der Waals surface area (Å²) in [4.78, 5) is 39.9. The highest BCUT2D eigenvalue weighted by Gasteiger charge is 2.29. The highest BCUT2D eigenvalue weighted by Crippen LogP contribution is 2.34. The van der Waals surface area contributed by atoms with Crippen molar-refractivity contribution in [3.63, 3.8) is 0 Å². The topological polar surface area (TPSA) is 68.6 Å². The Hall–Kier alpha value is -2.97. The molecule has 0 radical (unpaired) electrons. The number of nitrogens with zero attached hydrogens (tertiary/aromatic N) is 2. The second-order valence-corrected chi connectivity index (χ2v) is 10.3. The van der Waals surface area contributed by atoms with Gasteiger partial charge in [-0.1, -0.05) is 23.2 Å². The summed E-state index contributed by atoms with van der Waals surface area (Å²) in [5.41, 5.74) is 0.869. The third kappa shape index (κ3) is 5.80. The van der Waals surface area contributed by atoms with Gasteiger partial charge in [-0.2, -0.15) is 8.78 Å². The molecular weight excluding hydrogens is 525 g/mol. The first kappa shape index (κ1) is 27.1. The van der Waals surface area contributed by atoms with Crippen molar-refractivity contribution in [3.8, 4) is 5.75 Å². The molecule has 1 fully saturated rings. The number of halogens is 4. The van der Waals surface area contributed by atoms with E-state index in [9.17, 15) is 23.2 Å². The molecule has 0 atom stereocenters. The molecule has 2 aromatic carbocycles. The fourth-order valence-corrected chi connectivity index (χ4v) is 5.39. The molecule has 10 heteroatoms. The molecule has 1 amide bonds. The van der Waals surface area contributed by atoms with Crippen molar-refractivity contribution >= 4 is 51.6 Å². The minimum absolute atomic E-state index is 0.0110. The van der Waals surface area contributed by atoms with Crippen LogP contribution in [-0.4, -0.2) is 46.1 Å². The van der Waals surface area contributed by atoms with Crippen molar-refractivity contribution in [1.82, 2.24) is 9.47 Å². The smallest absolute Gasteiger partial charge is 0.394 e. The zero-order chi connectivity index (χ0) is 27.1. The van der Waals surface area contributed by atoms with Gasteiger partial charge < -0.3 is 19.0 Å². The van der Waals surface area contributed by atoms with Gasteiger partial charge in [0, 0.05) is 44.9 Å². The average Bonchev–Trinajstić information content (AvgIpc) is 3.13. The Labute approximate surface area is 223 Å². The largest absolute Gasteiger partial charge is 0.433 e. The number of carbonyl (C=O) groups is 3. The standard InChI is InChI=1S/C27H26Cl2F2N2O4/c1-15(34)12-16-8-10-33(11-9-16)26(36)19-6-7-20(28)23(24(19)29)25(35)22-13-17-4-5-18(37-27(2,30)31)14-21(17)32(22)3/h4-7,13-14,16H,8-12H2,1-3H3. The van der Waals surface area contributed by atoms with E-state index in [2.05, 4.69) is 4.74 Å². The van der Waals surface area contributed by atoms with Crippen LogP contribution in [0.3, 0.4) is 0 Å². The number of ether oxygens (including phenoxy) is 1. The van der Waals surface area contributed by atoms with Crippen LogP contribution in [0.25, 0.3) is 10.9 Å². The number of amides is 1. The lowest BCUT2D eigenvalue weighted by molar-refractivity contribution is -0.158. The second-order valence-electron chi connectivity index (χ2n) is 9.47. The zero-order valence-corrected chi connectivity index (χ0v) is 22.1. The van der Waals surface area contributed by atoms with Crippen LogP contribution in [0.2, 0.25) is 10.0 Å². The lowest BCUT2D eigenvalue weighted by atomic mass is 9.91. The number of alkyl halides is 2. The molecule has 1 saturated heterocycles. The second kappa shape index (κ2) is 10.4. The van der Waals surface area contributed by atoms with Gasteiger partial charge in [-0.25, -0.2) is 0 Å². The van der Waals surface area contributed by atoms with Crippen LogP contribution in [-0.2, 0) is 11.8 Å². The minimum atomic E-state index is -3.35. The molecule has 0 aliphatic carbocycles. The van der Waals surface area contributed by atoms with E-state index in [1.54, 1.807) is 35.6 Å². The first-order valence-corrected chi connectivity index (χ1v) is 12.6. The summed E-state index contributed by atoms with van der Waals surface area (Å²) in [6.07, 6.45) is -1.42. The number of aromatic nitrogens is 1. The molecular formula is C27H26Cl2F2N2O4. The Bertz CT molecular complexity index is 1390. The number of hydrogen-bond donors (Lipinski definition) is 0. The van der Waals surface area contributed by atoms with Crippen molar-refractivity contribution in [1.29, 1.82) is 0 Å². The first-order chi connectivity index (χ1) is 17.4. The van der Waals surface area contributed by atoms with Crippen molar-refractivity contribution in [2.45, 2.75) is 39.2 Å². The van der Waals surface area contributed by atoms with E-state index in [-0.39, 0.29) is 50.2 Å². The molecule has 0 spiro atoms. The number of hydrogen-bond acceptors (Lipinski definition) is 4. The first-order valence-electron chi connectivity index (χ1n) is 11.8. The number of aryl methyl sites for hydroxylation is 1. The Morgan fingerprint density at radius 2 is 1.76 bits per heavy atom. The number of Topliss-reactive ketones (excluding diaryl/α,β-unsaturated/α-hetero) is 1. The molecule has 6 nitrogen and oxygen atoms in total. The van der Waals surface area contributed by atoms with E-state index < -0.39 is 11.9 Å². The summed E-state index contributed by atoms with van der Waals surface area (Å²) in [5, 5.41) is 0.672. The van der Waals surface area contributed by atoms with E-state index >= 15 is 0 Å². The fourth-order valence-electron chi connectivity index (χ4n) is 4.77. The summed E-state index contributed by atoms with van der Waals surface area (Å²) >= 11 is 13.0. The summed E-state index contributed by atoms with van der Waals surface area (Å²) in [6.45, 7) is 3.19. The predicted molar refractivity (Wildman–Crippen MR) is 138 cm³/mol. The molecule has 2 heterocycles. The summed E-state index contributed by atoms with van der Waals surface area (Å²) in [5.74, 6) is -0.478. The Morgan fingerprint density at radius 3 is 2.38 bits per heavy atom. The number of ketones is 2. The highest BCUT2D eigenvalue weighted by molar-refractivity contribution is 6.42. The number of likely N-dealkylation sites (tertiary alicyclic amines) is 1. The number of carbonyl (C=O) groups excluding carboxylic acids is 3. The maximum absolute atomic E-state index is 13.6. The van der Waals surface area contributed by atoms with E-state index in [1.165, 1.54) is 24.3 Å². The summed E-state index contributed by atoms with van der Waals surface area (Å²) in [7, 11) is 1.62. The molecule has 1 aliphatic rings. The molecule has 0 bridgehead atoms. The predicted octanol–water partition coefficient (Wildman–Crippen LogP) is 6.54. The summed E-state index contributed by atoms with van der Waals surface area (Å²) < 4.78 is 32.8. The van der Waals surface area contributed by atoms with E-state index in [0.29, 0.717) is 50.2 Å². The van der Waals surface area contributed by atoms with Gasteiger partial charge in [-0.15, -0.1) is 0 Å². The third-order valence-electron chi connectivity index (χ3n) is 6.57. The van der Waals surface area contributed by atoms with Gasteiger partial charge in [0.2, 0.25) is 5.78 Å². The van der Waals surface area contributed by atoms with Crippen LogP contribution in [0.5, 0.6) is 5.75 Å². The van der Waals surface area contributed by atoms with Gasteiger partial charge >= 0.3 is 6.11 Å². The molecule has 0 saturated carbocycles. The molecule has 0 unspecified atom stereocenters. The van der Waals surface area contributed by atoms with Crippen molar-refractivity contribution in [2.24, 2.45) is 13.0 Å². The monoisotopic (exact) mass is 550 g/mol. The van der Waals surface area contributed by atoms with Gasteiger partial charge in [-0.3, -0.25) is 9.59 Å². The molecule has 3 aromatic rings. The maximum Gasteiger partial charge on any atom is 0.394 e. The quantitative estimate of drug-likeness (QED) is 0.313. The maximum atomic E-state index is 13.6. The van der Waals surface area contributed by atoms with Crippen LogP contribution in [0.1, 0.15) is 59.5 Å². The van der Waals surface area contributed by atoms with E-state index in [0.717, 1.165) is 0 Å². The number of rotatable bonds is 7. The lowest BCUT2D eigenvalue weighted by Gasteiger charge is -2.32. The van der Waals surface area contributed by atoms with Crippen molar-refractivity contribution in [2.75, 3.05) is 13.1 Å². The average molecular weight is 551 g/mol. The van der Waals surface area contributed by atoms with Gasteiger partial charge in [0.05, 0.1) is 32.4 Å². The Morgan fingerprint density at radius 1 is 1.08 bits per heavy atom. The highest BCUT2D eigenvalue weighted by atomic mass is 35.5. The van der Waals surface area contributed by atoms with Crippen LogP contribution in [0, 0.1) is 5.92 Å². The van der Waals surface area contributed by atoms with Crippen LogP contribution in [0.15, 0.2) is 36.4 Å². The lowest BCUT2D eigenvalue weighted by Crippen LogP contribution is -2.39. The third-order valence-corrected chi connectivity index (χ3v) is 7.28. The molecule has 1 aliphatic heterocycles. The van der Waals surface area contributed by atoms with Gasteiger partial charge in [0.25, 0.3) is 5.91 Å². The molecule has 0 N–H and O–H groups in total. The van der Waals surface area contributed by atoms with Crippen LogP contribution in [0.4, 0.5) is 8.78 Å². The zero-order valence-electron chi connectivity index (χ0n) is 20.6. The van der Waals surface area contributed by atoms with Crippen molar-refractivity contribution in [3.05, 3.63) is 63.3 Å². The minimum Gasteiger partial charge on any atom is -0.433 e. The van der Waals surface area contributed by atoms with Crippen molar-refractivity contribution < 1.29 is 27.9 Å². The molecule has 37 heavy (non-hydrogen) atoms. The normalized spacial score (nSPS) is 14.7. The molecule has 4 rings (SSSR count). The van der Waals surface area contributed by atoms with Crippen LogP contribution >= 0.6 is 23.2 Å². The van der Waals surface area contributed by atoms with E-state index in [1.807, 2.05) is 0 Å². The SMILES string of the molecule is CC(=O)CC1CCN(C(=O)c2ccc(Cl)c(C(=O)c3cc4ccc(OC(C)(F)F)cc4n3C)c2Cl)CC1. The molecule has 196 valence electrons. The molecule has 1 aromatic heterocycles. The number of fused-ring (bicyclic) bond motifs is 1. The fraction of sp³-hybridized carbons (Fsp3) is 0.370. The van der Waals surface area contributed by atoms with Gasteiger partial charge in [0.15, 0.2) is 0 Å². The summed E-state index contributed by atoms with van der Waals surface area (Å²) in [6, 6.07) is 8.96. The van der Waals surface area contributed by atoms with Gasteiger partial charge in [0.1, 0.15) is 11.5 Å². The Kier molecular flexibility index (Phi) is 7.62. The Balaban J connectivity index is 1.63. The number of piperidine rings is 1.